The minimum absolute atomic E-state index is 0.771. The van der Waals surface area contributed by atoms with E-state index in [1.165, 1.54) is 19.3 Å². The molecule has 0 saturated heterocycles. The molecular formula is C14H22ClN3. The zero-order valence-electron chi connectivity index (χ0n) is 11.2. The molecule has 0 fully saturated rings. The van der Waals surface area contributed by atoms with Crippen LogP contribution in [0.5, 0.6) is 0 Å². The second kappa shape index (κ2) is 6.39. The summed E-state index contributed by atoms with van der Waals surface area (Å²) in [4.78, 5) is 0. The summed E-state index contributed by atoms with van der Waals surface area (Å²) in [5, 5.41) is 8.76. The van der Waals surface area contributed by atoms with Crippen molar-refractivity contribution in [2.45, 2.75) is 46.2 Å². The van der Waals surface area contributed by atoms with E-state index in [1.54, 1.807) is 0 Å². The van der Waals surface area contributed by atoms with E-state index in [1.807, 2.05) is 11.6 Å². The molecule has 2 rings (SSSR count). The van der Waals surface area contributed by atoms with Crippen LogP contribution in [-0.4, -0.2) is 16.3 Å². The highest BCUT2D eigenvalue weighted by Gasteiger charge is 2.13. The molecule has 1 unspecified atom stereocenters. The maximum absolute atomic E-state index is 6.28. The fraction of sp³-hybridized carbons (Fsp3) is 0.643. The number of aromatic nitrogens is 2. The third-order valence-electron chi connectivity index (χ3n) is 3.56. The van der Waals surface area contributed by atoms with Crippen LogP contribution in [0.3, 0.4) is 0 Å². The van der Waals surface area contributed by atoms with Crippen molar-refractivity contribution in [2.24, 2.45) is 5.92 Å². The highest BCUT2D eigenvalue weighted by atomic mass is 35.5. The topological polar surface area (TPSA) is 29.9 Å². The van der Waals surface area contributed by atoms with Crippen molar-refractivity contribution in [1.29, 1.82) is 0 Å². The van der Waals surface area contributed by atoms with Crippen LogP contribution in [-0.2, 0) is 13.1 Å². The molecule has 0 spiro atoms. The van der Waals surface area contributed by atoms with Crippen LogP contribution in [0.25, 0.3) is 0 Å². The van der Waals surface area contributed by atoms with Crippen molar-refractivity contribution < 1.29 is 0 Å². The first-order valence-corrected chi connectivity index (χ1v) is 7.17. The SMILES string of the molecule is CCn1nc(C)c(Cl)c1CNCC1CC=CCC1. The van der Waals surface area contributed by atoms with Crippen LogP contribution in [0.15, 0.2) is 12.2 Å². The summed E-state index contributed by atoms with van der Waals surface area (Å²) in [7, 11) is 0. The minimum Gasteiger partial charge on any atom is -0.311 e. The van der Waals surface area contributed by atoms with Gasteiger partial charge in [-0.3, -0.25) is 4.68 Å². The number of halogens is 1. The van der Waals surface area contributed by atoms with Crippen LogP contribution in [0.4, 0.5) is 0 Å². The average Bonchev–Trinajstić information content (AvgIpc) is 2.67. The number of aryl methyl sites for hydroxylation is 2. The predicted octanol–water partition coefficient (Wildman–Crippen LogP) is 3.31. The Morgan fingerprint density at radius 2 is 2.33 bits per heavy atom. The number of nitrogens with zero attached hydrogens (tertiary/aromatic N) is 2. The van der Waals surface area contributed by atoms with Crippen molar-refractivity contribution in [2.75, 3.05) is 6.54 Å². The van der Waals surface area contributed by atoms with Gasteiger partial charge < -0.3 is 5.32 Å². The minimum atomic E-state index is 0.771. The monoisotopic (exact) mass is 267 g/mol. The molecule has 1 aromatic heterocycles. The molecule has 1 N–H and O–H groups in total. The summed E-state index contributed by atoms with van der Waals surface area (Å²) < 4.78 is 1.99. The molecule has 4 heteroatoms. The Kier molecular flexibility index (Phi) is 4.84. The highest BCUT2D eigenvalue weighted by molar-refractivity contribution is 6.31. The molecule has 1 aliphatic carbocycles. The molecule has 3 nitrogen and oxygen atoms in total. The van der Waals surface area contributed by atoms with Gasteiger partial charge in [-0.1, -0.05) is 23.8 Å². The van der Waals surface area contributed by atoms with E-state index in [0.717, 1.165) is 42.0 Å². The van der Waals surface area contributed by atoms with E-state index in [2.05, 4.69) is 29.5 Å². The van der Waals surface area contributed by atoms with E-state index in [0.29, 0.717) is 0 Å². The lowest BCUT2D eigenvalue weighted by Gasteiger charge is -2.18. The Morgan fingerprint density at radius 3 is 3.00 bits per heavy atom. The van der Waals surface area contributed by atoms with Gasteiger partial charge in [0.05, 0.1) is 16.4 Å². The fourth-order valence-corrected chi connectivity index (χ4v) is 2.68. The van der Waals surface area contributed by atoms with Crippen molar-refractivity contribution >= 4 is 11.6 Å². The molecule has 0 bridgehead atoms. The van der Waals surface area contributed by atoms with Gasteiger partial charge in [0, 0.05) is 13.1 Å². The number of nitrogens with one attached hydrogen (secondary N) is 1. The van der Waals surface area contributed by atoms with Crippen LogP contribution in [0.2, 0.25) is 5.02 Å². The van der Waals surface area contributed by atoms with Gasteiger partial charge in [-0.15, -0.1) is 0 Å². The first kappa shape index (κ1) is 13.6. The van der Waals surface area contributed by atoms with Gasteiger partial charge in [-0.05, 0) is 45.6 Å². The molecule has 1 heterocycles. The first-order valence-electron chi connectivity index (χ1n) is 6.79. The van der Waals surface area contributed by atoms with Crippen molar-refractivity contribution in [1.82, 2.24) is 15.1 Å². The molecule has 1 atom stereocenters. The molecule has 0 aliphatic heterocycles. The number of allylic oxidation sites excluding steroid dienone is 2. The quantitative estimate of drug-likeness (QED) is 0.830. The van der Waals surface area contributed by atoms with Gasteiger partial charge in [0.25, 0.3) is 0 Å². The molecule has 100 valence electrons. The Hall–Kier alpha value is -0.800. The molecule has 1 aliphatic rings. The average molecular weight is 268 g/mol. The van der Waals surface area contributed by atoms with E-state index in [9.17, 15) is 0 Å². The number of hydrogen-bond donors (Lipinski definition) is 1. The standard InChI is InChI=1S/C14H22ClN3/c1-3-18-13(14(15)11(2)17-18)10-16-9-12-7-5-4-6-8-12/h4-5,12,16H,3,6-10H2,1-2H3. The Bertz CT molecular complexity index is 423. The molecular weight excluding hydrogens is 246 g/mol. The Balaban J connectivity index is 1.87. The van der Waals surface area contributed by atoms with Crippen molar-refractivity contribution in [3.8, 4) is 0 Å². The van der Waals surface area contributed by atoms with E-state index < -0.39 is 0 Å². The molecule has 0 amide bonds. The van der Waals surface area contributed by atoms with E-state index >= 15 is 0 Å². The summed E-state index contributed by atoms with van der Waals surface area (Å²) >= 11 is 6.28. The smallest absolute Gasteiger partial charge is 0.0860 e. The maximum atomic E-state index is 6.28. The van der Waals surface area contributed by atoms with E-state index in [-0.39, 0.29) is 0 Å². The first-order chi connectivity index (χ1) is 8.72. The number of hydrogen-bond acceptors (Lipinski definition) is 2. The Labute approximate surface area is 114 Å². The van der Waals surface area contributed by atoms with Gasteiger partial charge in [0.1, 0.15) is 0 Å². The fourth-order valence-electron chi connectivity index (χ4n) is 2.47. The summed E-state index contributed by atoms with van der Waals surface area (Å²) in [5.41, 5.74) is 2.04. The lowest BCUT2D eigenvalue weighted by Crippen LogP contribution is -2.24. The summed E-state index contributed by atoms with van der Waals surface area (Å²) in [6, 6.07) is 0. The van der Waals surface area contributed by atoms with Gasteiger partial charge in [-0.2, -0.15) is 5.10 Å². The lowest BCUT2D eigenvalue weighted by molar-refractivity contribution is 0.434. The molecule has 0 aromatic carbocycles. The second-order valence-electron chi connectivity index (χ2n) is 4.94. The zero-order chi connectivity index (χ0) is 13.0. The molecule has 1 aromatic rings. The van der Waals surface area contributed by atoms with Gasteiger partial charge in [0.15, 0.2) is 0 Å². The summed E-state index contributed by atoms with van der Waals surface area (Å²) in [6.45, 7) is 6.81. The normalized spacial score (nSPS) is 19.4. The summed E-state index contributed by atoms with van der Waals surface area (Å²) in [5.74, 6) is 0.771. The van der Waals surface area contributed by atoms with Gasteiger partial charge in [-0.25, -0.2) is 0 Å². The van der Waals surface area contributed by atoms with E-state index in [4.69, 9.17) is 11.6 Å². The number of rotatable bonds is 5. The molecule has 0 saturated carbocycles. The van der Waals surface area contributed by atoms with Gasteiger partial charge in [0.2, 0.25) is 0 Å². The third kappa shape index (κ3) is 3.15. The highest BCUT2D eigenvalue weighted by Crippen LogP contribution is 2.21. The Morgan fingerprint density at radius 1 is 1.50 bits per heavy atom. The molecule has 0 radical (unpaired) electrons. The lowest BCUT2D eigenvalue weighted by atomic mass is 9.94. The second-order valence-corrected chi connectivity index (χ2v) is 5.32. The molecule has 18 heavy (non-hydrogen) atoms. The van der Waals surface area contributed by atoms with Crippen molar-refractivity contribution in [3.05, 3.63) is 28.6 Å². The maximum Gasteiger partial charge on any atom is 0.0860 e. The predicted molar refractivity (Wildman–Crippen MR) is 75.8 cm³/mol. The van der Waals surface area contributed by atoms with Crippen LogP contribution in [0, 0.1) is 12.8 Å². The van der Waals surface area contributed by atoms with Crippen molar-refractivity contribution in [3.63, 3.8) is 0 Å². The third-order valence-corrected chi connectivity index (χ3v) is 4.05. The zero-order valence-corrected chi connectivity index (χ0v) is 12.0. The summed E-state index contributed by atoms with van der Waals surface area (Å²) in [6.07, 6.45) is 8.29. The largest absolute Gasteiger partial charge is 0.311 e. The van der Waals surface area contributed by atoms with Gasteiger partial charge >= 0.3 is 0 Å². The van der Waals surface area contributed by atoms with Crippen LogP contribution < -0.4 is 5.32 Å². The van der Waals surface area contributed by atoms with Crippen LogP contribution in [0.1, 0.15) is 37.6 Å². The van der Waals surface area contributed by atoms with Crippen LogP contribution >= 0.6 is 11.6 Å².